The van der Waals surface area contributed by atoms with Gasteiger partial charge in [0.05, 0.1) is 6.67 Å². The van der Waals surface area contributed by atoms with Gasteiger partial charge in [0.2, 0.25) is 5.13 Å². The lowest BCUT2D eigenvalue weighted by molar-refractivity contribution is 0.104. The standard InChI is InChI=1S/C19H29N5S2/c1-19(2,3)20-17-21-24(18(25)26-17)15-23-13-11-22(12-14-23)10-9-16-7-5-4-6-8-16/h4-8H,9-15H2,1-3H3,(H,20,21). The van der Waals surface area contributed by atoms with Crippen molar-refractivity contribution in [3.8, 4) is 0 Å². The van der Waals surface area contributed by atoms with Crippen molar-refractivity contribution in [3.63, 3.8) is 0 Å². The van der Waals surface area contributed by atoms with E-state index in [-0.39, 0.29) is 5.54 Å². The van der Waals surface area contributed by atoms with Crippen LogP contribution in [0.25, 0.3) is 0 Å². The average Bonchev–Trinajstić information content (AvgIpc) is 2.92. The van der Waals surface area contributed by atoms with Gasteiger partial charge in [-0.15, -0.1) is 5.10 Å². The molecule has 0 unspecified atom stereocenters. The van der Waals surface area contributed by atoms with Crippen LogP contribution in [-0.2, 0) is 13.1 Å². The summed E-state index contributed by atoms with van der Waals surface area (Å²) < 4.78 is 2.79. The van der Waals surface area contributed by atoms with Gasteiger partial charge >= 0.3 is 0 Å². The maximum atomic E-state index is 5.49. The van der Waals surface area contributed by atoms with Crippen molar-refractivity contribution in [2.75, 3.05) is 38.0 Å². The van der Waals surface area contributed by atoms with Crippen LogP contribution < -0.4 is 5.32 Å². The highest BCUT2D eigenvalue weighted by Crippen LogP contribution is 2.19. The first kappa shape index (κ1) is 19.5. The van der Waals surface area contributed by atoms with Gasteiger partial charge in [0.1, 0.15) is 0 Å². The molecule has 26 heavy (non-hydrogen) atoms. The third-order valence-corrected chi connectivity index (χ3v) is 5.67. The van der Waals surface area contributed by atoms with E-state index in [9.17, 15) is 0 Å². The van der Waals surface area contributed by atoms with Gasteiger partial charge < -0.3 is 10.2 Å². The van der Waals surface area contributed by atoms with Crippen LogP contribution >= 0.6 is 23.6 Å². The number of nitrogens with one attached hydrogen (secondary N) is 1. The molecular weight excluding hydrogens is 362 g/mol. The summed E-state index contributed by atoms with van der Waals surface area (Å²) in [5.74, 6) is 0. The van der Waals surface area contributed by atoms with Gasteiger partial charge in [-0.05, 0) is 45.0 Å². The summed E-state index contributed by atoms with van der Waals surface area (Å²) in [6, 6.07) is 10.7. The Hall–Kier alpha value is -1.28. The summed E-state index contributed by atoms with van der Waals surface area (Å²) in [6.45, 7) is 12.7. The van der Waals surface area contributed by atoms with E-state index in [2.05, 4.69) is 71.3 Å². The van der Waals surface area contributed by atoms with Crippen LogP contribution in [0.2, 0.25) is 0 Å². The van der Waals surface area contributed by atoms with Gasteiger partial charge in [0.15, 0.2) is 3.95 Å². The van der Waals surface area contributed by atoms with Crippen LogP contribution in [0.3, 0.4) is 0 Å². The maximum Gasteiger partial charge on any atom is 0.205 e. The fourth-order valence-electron chi connectivity index (χ4n) is 3.04. The molecule has 1 saturated heterocycles. The molecule has 2 heterocycles. The summed E-state index contributed by atoms with van der Waals surface area (Å²) in [7, 11) is 0. The van der Waals surface area contributed by atoms with E-state index >= 15 is 0 Å². The minimum absolute atomic E-state index is 0.00182. The molecule has 0 saturated carbocycles. The fourth-order valence-corrected chi connectivity index (χ4v) is 4.24. The SMILES string of the molecule is CC(C)(C)Nc1nn(CN2CCN(CCc3ccccc3)CC2)c(=S)s1. The van der Waals surface area contributed by atoms with E-state index in [1.165, 1.54) is 5.56 Å². The van der Waals surface area contributed by atoms with E-state index < -0.39 is 0 Å². The summed E-state index contributed by atoms with van der Waals surface area (Å²) in [4.78, 5) is 4.99. The first-order chi connectivity index (χ1) is 12.4. The fraction of sp³-hybridized carbons (Fsp3) is 0.579. The molecule has 1 aliphatic rings. The molecule has 3 rings (SSSR count). The van der Waals surface area contributed by atoms with E-state index in [0.29, 0.717) is 0 Å². The highest BCUT2D eigenvalue weighted by molar-refractivity contribution is 7.73. The molecule has 0 atom stereocenters. The Morgan fingerprint density at radius 2 is 1.73 bits per heavy atom. The lowest BCUT2D eigenvalue weighted by Crippen LogP contribution is -2.47. The minimum Gasteiger partial charge on any atom is -0.356 e. The molecule has 0 radical (unpaired) electrons. The summed E-state index contributed by atoms with van der Waals surface area (Å²) >= 11 is 7.05. The van der Waals surface area contributed by atoms with E-state index in [1.54, 1.807) is 11.3 Å². The van der Waals surface area contributed by atoms with Gasteiger partial charge in [-0.2, -0.15) is 0 Å². The number of rotatable bonds is 6. The predicted molar refractivity (Wildman–Crippen MR) is 112 cm³/mol. The number of anilines is 1. The van der Waals surface area contributed by atoms with E-state index in [4.69, 9.17) is 12.2 Å². The maximum absolute atomic E-state index is 5.49. The Morgan fingerprint density at radius 3 is 2.38 bits per heavy atom. The van der Waals surface area contributed by atoms with Gasteiger partial charge in [0, 0.05) is 38.3 Å². The Kier molecular flexibility index (Phi) is 6.45. The van der Waals surface area contributed by atoms with Crippen molar-refractivity contribution in [1.29, 1.82) is 0 Å². The summed E-state index contributed by atoms with van der Waals surface area (Å²) in [6.07, 6.45) is 1.12. The topological polar surface area (TPSA) is 36.3 Å². The lowest BCUT2D eigenvalue weighted by Gasteiger charge is -2.34. The summed E-state index contributed by atoms with van der Waals surface area (Å²) in [5, 5.41) is 8.97. The number of hydrogen-bond acceptors (Lipinski definition) is 6. The Morgan fingerprint density at radius 1 is 1.08 bits per heavy atom. The second kappa shape index (κ2) is 8.61. The second-order valence-electron chi connectivity index (χ2n) is 7.88. The number of nitrogens with zero attached hydrogens (tertiary/aromatic N) is 4. The van der Waals surface area contributed by atoms with Crippen molar-refractivity contribution in [1.82, 2.24) is 19.6 Å². The van der Waals surface area contributed by atoms with Crippen molar-refractivity contribution < 1.29 is 0 Å². The van der Waals surface area contributed by atoms with Crippen molar-refractivity contribution in [3.05, 3.63) is 39.8 Å². The molecule has 0 bridgehead atoms. The zero-order chi connectivity index (χ0) is 18.6. The van der Waals surface area contributed by atoms with Crippen molar-refractivity contribution >= 4 is 28.7 Å². The zero-order valence-electron chi connectivity index (χ0n) is 15.9. The van der Waals surface area contributed by atoms with E-state index in [1.807, 2.05) is 4.68 Å². The smallest absolute Gasteiger partial charge is 0.205 e. The third-order valence-electron chi connectivity index (χ3n) is 4.45. The first-order valence-electron chi connectivity index (χ1n) is 9.24. The molecule has 0 spiro atoms. The molecule has 1 aliphatic heterocycles. The normalized spacial score (nSPS) is 16.7. The zero-order valence-corrected chi connectivity index (χ0v) is 17.6. The number of piperazine rings is 1. The molecule has 1 N–H and O–H groups in total. The molecule has 0 aliphatic carbocycles. The van der Waals surface area contributed by atoms with Crippen LogP contribution in [0.1, 0.15) is 26.3 Å². The van der Waals surface area contributed by atoms with Crippen molar-refractivity contribution in [2.45, 2.75) is 39.4 Å². The van der Waals surface area contributed by atoms with Crippen LogP contribution in [0.4, 0.5) is 5.13 Å². The molecular formula is C19H29N5S2. The first-order valence-corrected chi connectivity index (χ1v) is 10.5. The van der Waals surface area contributed by atoms with E-state index in [0.717, 1.165) is 54.9 Å². The van der Waals surface area contributed by atoms with Gasteiger partial charge in [-0.3, -0.25) is 4.90 Å². The second-order valence-corrected chi connectivity index (χ2v) is 9.51. The Bertz CT molecular complexity index is 739. The number of benzene rings is 1. The molecule has 1 fully saturated rings. The molecule has 5 nitrogen and oxygen atoms in total. The predicted octanol–water partition coefficient (Wildman–Crippen LogP) is 3.70. The van der Waals surface area contributed by atoms with Crippen LogP contribution in [-0.4, -0.2) is 57.8 Å². The van der Waals surface area contributed by atoms with Crippen LogP contribution in [0.15, 0.2) is 30.3 Å². The number of aromatic nitrogens is 2. The monoisotopic (exact) mass is 391 g/mol. The molecule has 1 aromatic carbocycles. The highest BCUT2D eigenvalue weighted by Gasteiger charge is 2.18. The molecule has 1 aromatic heterocycles. The van der Waals surface area contributed by atoms with Crippen LogP contribution in [0, 0.1) is 3.95 Å². The lowest BCUT2D eigenvalue weighted by atomic mass is 10.1. The molecule has 0 amide bonds. The number of hydrogen-bond donors (Lipinski definition) is 1. The van der Waals surface area contributed by atoms with Gasteiger partial charge in [-0.1, -0.05) is 41.7 Å². The third kappa shape index (κ3) is 5.87. The van der Waals surface area contributed by atoms with Gasteiger partial charge in [-0.25, -0.2) is 4.68 Å². The summed E-state index contributed by atoms with van der Waals surface area (Å²) in [5.41, 5.74) is 1.42. The largest absolute Gasteiger partial charge is 0.356 e. The van der Waals surface area contributed by atoms with Crippen LogP contribution in [0.5, 0.6) is 0 Å². The molecule has 142 valence electrons. The highest BCUT2D eigenvalue weighted by atomic mass is 32.1. The quantitative estimate of drug-likeness (QED) is 0.760. The minimum atomic E-state index is 0.00182. The molecule has 7 heteroatoms. The van der Waals surface area contributed by atoms with Gasteiger partial charge in [0.25, 0.3) is 0 Å². The molecule has 2 aromatic rings. The Labute approximate surface area is 165 Å². The van der Waals surface area contributed by atoms with Crippen molar-refractivity contribution in [2.24, 2.45) is 0 Å². The average molecular weight is 392 g/mol. The Balaban J connectivity index is 1.46.